The van der Waals surface area contributed by atoms with Crippen molar-refractivity contribution in [3.63, 3.8) is 0 Å². The highest BCUT2D eigenvalue weighted by atomic mass is 35.5. The number of aromatic nitrogens is 6. The van der Waals surface area contributed by atoms with E-state index < -0.39 is 5.91 Å². The van der Waals surface area contributed by atoms with E-state index in [-0.39, 0.29) is 23.5 Å². The first-order valence-electron chi connectivity index (χ1n) is 12.3. The van der Waals surface area contributed by atoms with E-state index in [0.717, 1.165) is 16.5 Å². The van der Waals surface area contributed by atoms with Gasteiger partial charge in [0.15, 0.2) is 0 Å². The Hall–Kier alpha value is -4.71. The maximum absolute atomic E-state index is 12.5. The Balaban J connectivity index is 1.29. The van der Waals surface area contributed by atoms with Gasteiger partial charge in [-0.05, 0) is 38.1 Å². The first-order valence-corrected chi connectivity index (χ1v) is 12.7. The molecular weight excluding hydrogens is 522 g/mol. The molecule has 3 N–H and O–H groups in total. The lowest BCUT2D eigenvalue weighted by Crippen LogP contribution is -2.40. The van der Waals surface area contributed by atoms with Crippen LogP contribution in [0, 0.1) is 0 Å². The van der Waals surface area contributed by atoms with Crippen molar-refractivity contribution in [1.29, 1.82) is 0 Å². The smallest absolute Gasteiger partial charge is 0.320 e. The molecule has 0 aliphatic rings. The van der Waals surface area contributed by atoms with E-state index in [9.17, 15) is 9.59 Å². The molecule has 5 rings (SSSR count). The van der Waals surface area contributed by atoms with E-state index in [4.69, 9.17) is 16.0 Å². The van der Waals surface area contributed by atoms with Crippen LogP contribution in [0.5, 0.6) is 0 Å². The van der Waals surface area contributed by atoms with Crippen LogP contribution in [0.25, 0.3) is 33.6 Å². The number of H-pyrrole nitrogens is 1. The number of benzene rings is 1. The molecule has 0 saturated heterocycles. The van der Waals surface area contributed by atoms with Crippen molar-refractivity contribution in [3.8, 4) is 22.6 Å². The fraction of sp³-hybridized carbons (Fsp3) is 0.231. The zero-order valence-corrected chi connectivity index (χ0v) is 22.3. The molecule has 39 heavy (non-hydrogen) atoms. The fourth-order valence-electron chi connectivity index (χ4n) is 4.11. The number of aryl methyl sites for hydroxylation is 1. The third kappa shape index (κ3) is 5.46. The summed E-state index contributed by atoms with van der Waals surface area (Å²) in [4.78, 5) is 33.9. The van der Waals surface area contributed by atoms with Gasteiger partial charge in [0.05, 0.1) is 29.0 Å². The van der Waals surface area contributed by atoms with Crippen molar-refractivity contribution < 1.29 is 14.0 Å². The van der Waals surface area contributed by atoms with Crippen LogP contribution in [0.4, 0.5) is 11.7 Å². The summed E-state index contributed by atoms with van der Waals surface area (Å²) < 4.78 is 7.58. The van der Waals surface area contributed by atoms with Gasteiger partial charge in [-0.3, -0.25) is 14.3 Å². The SMILES string of the molecule is CCN(CC)C(=O)CNC(=O)c1ccc(Nc2nnc(-c3c[nH]c4ncc(-c5cnn(C)c5)cc34)o2)c(Cl)c1. The maximum atomic E-state index is 12.5. The highest BCUT2D eigenvalue weighted by Crippen LogP contribution is 2.32. The molecule has 0 fully saturated rings. The average molecular weight is 548 g/mol. The molecule has 0 aliphatic heterocycles. The summed E-state index contributed by atoms with van der Waals surface area (Å²) in [5.41, 5.74) is 4.01. The summed E-state index contributed by atoms with van der Waals surface area (Å²) in [7, 11) is 1.86. The molecule has 13 heteroatoms. The normalized spacial score (nSPS) is 11.1. The van der Waals surface area contributed by atoms with E-state index in [0.29, 0.717) is 41.4 Å². The van der Waals surface area contributed by atoms with Crippen LogP contribution in [0.2, 0.25) is 5.02 Å². The number of rotatable bonds is 9. The van der Waals surface area contributed by atoms with Crippen molar-refractivity contribution in [2.75, 3.05) is 25.0 Å². The number of aromatic amines is 1. The second-order valence-corrected chi connectivity index (χ2v) is 9.11. The Morgan fingerprint density at radius 1 is 1.13 bits per heavy atom. The largest absolute Gasteiger partial charge is 0.403 e. The van der Waals surface area contributed by atoms with E-state index in [2.05, 4.69) is 35.9 Å². The number of pyridine rings is 1. The summed E-state index contributed by atoms with van der Waals surface area (Å²) in [6, 6.07) is 6.83. The minimum atomic E-state index is -0.400. The predicted octanol–water partition coefficient (Wildman–Crippen LogP) is 4.01. The van der Waals surface area contributed by atoms with Gasteiger partial charge in [-0.1, -0.05) is 16.7 Å². The number of fused-ring (bicyclic) bond motifs is 1. The summed E-state index contributed by atoms with van der Waals surface area (Å²) in [5, 5.41) is 19.2. The average Bonchev–Trinajstić information content (AvgIpc) is 3.68. The number of carbonyl (C=O) groups is 2. The molecule has 5 aromatic rings. The molecule has 1 aromatic carbocycles. The lowest BCUT2D eigenvalue weighted by atomic mass is 10.1. The van der Waals surface area contributed by atoms with Gasteiger partial charge in [0.1, 0.15) is 5.65 Å². The monoisotopic (exact) mass is 547 g/mol. The van der Waals surface area contributed by atoms with Gasteiger partial charge in [-0.15, -0.1) is 5.10 Å². The van der Waals surface area contributed by atoms with Gasteiger partial charge in [-0.25, -0.2) is 4.98 Å². The number of hydrogen-bond donors (Lipinski definition) is 3. The Bertz CT molecular complexity index is 1650. The highest BCUT2D eigenvalue weighted by molar-refractivity contribution is 6.33. The van der Waals surface area contributed by atoms with Gasteiger partial charge in [0.2, 0.25) is 5.91 Å². The van der Waals surface area contributed by atoms with E-state index in [1.54, 1.807) is 40.3 Å². The number of amides is 2. The Labute approximate surface area is 228 Å². The molecule has 2 amide bonds. The molecule has 12 nitrogen and oxygen atoms in total. The van der Waals surface area contributed by atoms with E-state index in [1.165, 1.54) is 6.07 Å². The summed E-state index contributed by atoms with van der Waals surface area (Å²) in [6.07, 6.45) is 7.21. The zero-order valence-electron chi connectivity index (χ0n) is 21.5. The number of anilines is 2. The van der Waals surface area contributed by atoms with Crippen LogP contribution in [0.3, 0.4) is 0 Å². The molecule has 0 unspecified atom stereocenters. The quantitative estimate of drug-likeness (QED) is 0.251. The highest BCUT2D eigenvalue weighted by Gasteiger charge is 2.17. The van der Waals surface area contributed by atoms with Crippen LogP contribution < -0.4 is 10.6 Å². The van der Waals surface area contributed by atoms with Gasteiger partial charge in [0.25, 0.3) is 11.8 Å². The minimum Gasteiger partial charge on any atom is -0.403 e. The number of nitrogens with one attached hydrogen (secondary N) is 3. The van der Waals surface area contributed by atoms with Crippen LogP contribution >= 0.6 is 11.6 Å². The maximum Gasteiger partial charge on any atom is 0.320 e. The topological polar surface area (TPSA) is 147 Å². The van der Waals surface area contributed by atoms with E-state index >= 15 is 0 Å². The Morgan fingerprint density at radius 3 is 2.67 bits per heavy atom. The molecule has 0 bridgehead atoms. The van der Waals surface area contributed by atoms with Gasteiger partial charge >= 0.3 is 6.01 Å². The van der Waals surface area contributed by atoms with Gasteiger partial charge in [-0.2, -0.15) is 5.10 Å². The number of carbonyl (C=O) groups excluding carboxylic acids is 2. The second-order valence-electron chi connectivity index (χ2n) is 8.71. The summed E-state index contributed by atoms with van der Waals surface area (Å²) >= 11 is 6.42. The lowest BCUT2D eigenvalue weighted by Gasteiger charge is -2.18. The van der Waals surface area contributed by atoms with Crippen molar-refractivity contribution in [3.05, 3.63) is 59.6 Å². The van der Waals surface area contributed by atoms with Crippen molar-refractivity contribution >= 4 is 46.2 Å². The number of halogens is 1. The molecule has 0 radical (unpaired) electrons. The zero-order chi connectivity index (χ0) is 27.5. The Morgan fingerprint density at radius 2 is 1.95 bits per heavy atom. The Kier molecular flexibility index (Phi) is 7.28. The van der Waals surface area contributed by atoms with Gasteiger partial charge in [0, 0.05) is 60.8 Å². The van der Waals surface area contributed by atoms with E-state index in [1.807, 2.05) is 33.2 Å². The summed E-state index contributed by atoms with van der Waals surface area (Å²) in [5.74, 6) is -0.259. The standard InChI is InChI=1S/C26H26ClN9O3/c1-4-36(5-2)22(37)13-30-24(38)15-6-7-21(20(27)9-15)32-26-34-33-25(39-26)19-12-29-23-18(19)8-16(10-28-23)17-11-31-35(3)14-17/h6-12,14H,4-5,13H2,1-3H3,(H,28,29)(H,30,38)(H,32,34). The fourth-order valence-corrected chi connectivity index (χ4v) is 4.34. The number of hydrogen-bond acceptors (Lipinski definition) is 8. The molecule has 4 heterocycles. The lowest BCUT2D eigenvalue weighted by molar-refractivity contribution is -0.129. The van der Waals surface area contributed by atoms with Crippen molar-refractivity contribution in [2.45, 2.75) is 13.8 Å². The summed E-state index contributed by atoms with van der Waals surface area (Å²) in [6.45, 7) is 4.85. The third-order valence-electron chi connectivity index (χ3n) is 6.21. The number of nitrogens with zero attached hydrogens (tertiary/aromatic N) is 6. The first kappa shape index (κ1) is 25.9. The molecule has 200 valence electrons. The first-order chi connectivity index (χ1) is 18.9. The molecule has 0 saturated carbocycles. The second kappa shape index (κ2) is 11.0. The molecular formula is C26H26ClN9O3. The third-order valence-corrected chi connectivity index (χ3v) is 6.53. The molecule has 0 atom stereocenters. The van der Waals surface area contributed by atoms with Crippen molar-refractivity contribution in [1.82, 2.24) is 40.2 Å². The van der Waals surface area contributed by atoms with Crippen molar-refractivity contribution in [2.24, 2.45) is 7.05 Å². The predicted molar refractivity (Wildman–Crippen MR) is 147 cm³/mol. The van der Waals surface area contributed by atoms with Crippen LogP contribution in [-0.2, 0) is 11.8 Å². The van der Waals surface area contributed by atoms with Gasteiger partial charge < -0.3 is 24.9 Å². The number of likely N-dealkylation sites (N-methyl/N-ethyl adjacent to an activating group) is 1. The van der Waals surface area contributed by atoms with Crippen LogP contribution in [0.15, 0.2) is 53.5 Å². The van der Waals surface area contributed by atoms with Crippen LogP contribution in [0.1, 0.15) is 24.2 Å². The molecule has 0 spiro atoms. The minimum absolute atomic E-state index is 0.0873. The molecule has 0 aliphatic carbocycles. The molecule has 4 aromatic heterocycles. The van der Waals surface area contributed by atoms with Crippen LogP contribution in [-0.4, -0.2) is 66.3 Å².